The predicted molar refractivity (Wildman–Crippen MR) is 95.1 cm³/mol. The van der Waals surface area contributed by atoms with Crippen LogP contribution in [0.5, 0.6) is 0 Å². The standard InChI is InChI=1S/C18H22N2OS/c1-14-8-10-16(11-9-14)17(15-6-4-3-5-7-15)20-18(22)19-12-13-21-2/h3-11,17H,12-13H2,1-2H3,(H2,19,20,22)/t17-/m0/s1. The summed E-state index contributed by atoms with van der Waals surface area (Å²) < 4.78 is 5.03. The summed E-state index contributed by atoms with van der Waals surface area (Å²) in [5.41, 5.74) is 3.62. The van der Waals surface area contributed by atoms with Gasteiger partial charge in [0.05, 0.1) is 12.6 Å². The fraction of sp³-hybridized carbons (Fsp3) is 0.278. The Labute approximate surface area is 137 Å². The van der Waals surface area contributed by atoms with E-state index in [9.17, 15) is 0 Å². The number of nitrogens with one attached hydrogen (secondary N) is 2. The van der Waals surface area contributed by atoms with Crippen molar-refractivity contribution < 1.29 is 4.74 Å². The molecule has 0 bridgehead atoms. The normalized spacial score (nSPS) is 11.7. The number of thiocarbonyl (C=S) groups is 1. The van der Waals surface area contributed by atoms with Crippen LogP contribution in [0, 0.1) is 6.92 Å². The lowest BCUT2D eigenvalue weighted by Gasteiger charge is -2.22. The van der Waals surface area contributed by atoms with Crippen LogP contribution in [0.2, 0.25) is 0 Å². The summed E-state index contributed by atoms with van der Waals surface area (Å²) in [6.45, 7) is 3.41. The van der Waals surface area contributed by atoms with Crippen molar-refractivity contribution in [3.63, 3.8) is 0 Å². The van der Waals surface area contributed by atoms with Gasteiger partial charge in [-0.1, -0.05) is 60.2 Å². The lowest BCUT2D eigenvalue weighted by Crippen LogP contribution is -2.39. The second kappa shape index (κ2) is 8.51. The minimum absolute atomic E-state index is 0.0318. The van der Waals surface area contributed by atoms with Gasteiger partial charge < -0.3 is 15.4 Å². The van der Waals surface area contributed by atoms with Gasteiger partial charge in [-0.3, -0.25) is 0 Å². The van der Waals surface area contributed by atoms with Crippen LogP contribution in [-0.4, -0.2) is 25.4 Å². The summed E-state index contributed by atoms with van der Waals surface area (Å²) in [7, 11) is 1.68. The molecule has 0 aliphatic rings. The molecule has 2 N–H and O–H groups in total. The maximum Gasteiger partial charge on any atom is 0.167 e. The Hall–Kier alpha value is -1.91. The van der Waals surface area contributed by atoms with Crippen molar-refractivity contribution in [1.29, 1.82) is 0 Å². The quantitative estimate of drug-likeness (QED) is 0.634. The molecule has 4 heteroatoms. The molecule has 3 nitrogen and oxygen atoms in total. The molecular weight excluding hydrogens is 292 g/mol. The maximum absolute atomic E-state index is 5.39. The van der Waals surface area contributed by atoms with Crippen molar-refractivity contribution in [2.75, 3.05) is 20.3 Å². The van der Waals surface area contributed by atoms with Crippen molar-refractivity contribution in [2.24, 2.45) is 0 Å². The van der Waals surface area contributed by atoms with Gasteiger partial charge in [-0.15, -0.1) is 0 Å². The molecule has 2 aromatic rings. The first-order valence-electron chi connectivity index (χ1n) is 7.35. The molecule has 0 radical (unpaired) electrons. The molecule has 0 aromatic heterocycles. The molecule has 22 heavy (non-hydrogen) atoms. The van der Waals surface area contributed by atoms with Gasteiger partial charge in [0.2, 0.25) is 0 Å². The fourth-order valence-corrected chi connectivity index (χ4v) is 2.43. The molecule has 2 aromatic carbocycles. The first kappa shape index (κ1) is 16.5. The van der Waals surface area contributed by atoms with Gasteiger partial charge in [0.25, 0.3) is 0 Å². The van der Waals surface area contributed by atoms with E-state index < -0.39 is 0 Å². The van der Waals surface area contributed by atoms with Crippen molar-refractivity contribution >= 4 is 17.3 Å². The zero-order valence-electron chi connectivity index (χ0n) is 13.0. The highest BCUT2D eigenvalue weighted by atomic mass is 32.1. The molecule has 0 amide bonds. The minimum atomic E-state index is 0.0318. The lowest BCUT2D eigenvalue weighted by atomic mass is 9.98. The summed E-state index contributed by atoms with van der Waals surface area (Å²) in [4.78, 5) is 0. The Kier molecular flexibility index (Phi) is 6.37. The van der Waals surface area contributed by atoms with E-state index in [-0.39, 0.29) is 6.04 Å². The molecular formula is C18H22N2OS. The highest BCUT2D eigenvalue weighted by Crippen LogP contribution is 2.22. The van der Waals surface area contributed by atoms with Gasteiger partial charge in [0, 0.05) is 13.7 Å². The molecule has 116 valence electrons. The number of methoxy groups -OCH3 is 1. The first-order valence-corrected chi connectivity index (χ1v) is 7.76. The van der Waals surface area contributed by atoms with E-state index in [1.54, 1.807) is 7.11 Å². The Bertz CT molecular complexity index is 584. The summed E-state index contributed by atoms with van der Waals surface area (Å²) in [5, 5.41) is 7.18. The Morgan fingerprint density at radius 2 is 1.68 bits per heavy atom. The Morgan fingerprint density at radius 3 is 2.32 bits per heavy atom. The molecule has 0 aliphatic carbocycles. The Morgan fingerprint density at radius 1 is 1.05 bits per heavy atom. The largest absolute Gasteiger partial charge is 0.383 e. The van der Waals surface area contributed by atoms with Crippen LogP contribution in [0.15, 0.2) is 54.6 Å². The topological polar surface area (TPSA) is 33.3 Å². The smallest absolute Gasteiger partial charge is 0.167 e. The van der Waals surface area contributed by atoms with Crippen LogP contribution in [0.3, 0.4) is 0 Å². The minimum Gasteiger partial charge on any atom is -0.383 e. The van der Waals surface area contributed by atoms with Crippen molar-refractivity contribution in [3.8, 4) is 0 Å². The van der Waals surface area contributed by atoms with Gasteiger partial charge in [0.15, 0.2) is 5.11 Å². The zero-order chi connectivity index (χ0) is 15.8. The van der Waals surface area contributed by atoms with Crippen LogP contribution in [0.1, 0.15) is 22.7 Å². The maximum atomic E-state index is 5.39. The predicted octanol–water partition coefficient (Wildman–Crippen LogP) is 3.19. The lowest BCUT2D eigenvalue weighted by molar-refractivity contribution is 0.204. The molecule has 1 atom stereocenters. The average Bonchev–Trinajstić information content (AvgIpc) is 2.55. The Balaban J connectivity index is 2.15. The highest BCUT2D eigenvalue weighted by Gasteiger charge is 2.14. The molecule has 2 rings (SSSR count). The second-order valence-electron chi connectivity index (χ2n) is 5.15. The number of ether oxygens (including phenoxy) is 1. The molecule has 0 heterocycles. The number of hydrogen-bond acceptors (Lipinski definition) is 2. The highest BCUT2D eigenvalue weighted by molar-refractivity contribution is 7.80. The van der Waals surface area contributed by atoms with Crippen molar-refractivity contribution in [1.82, 2.24) is 10.6 Å². The van der Waals surface area contributed by atoms with Crippen LogP contribution in [0.25, 0.3) is 0 Å². The molecule has 0 spiro atoms. The van der Waals surface area contributed by atoms with E-state index in [0.717, 1.165) is 0 Å². The van der Waals surface area contributed by atoms with E-state index in [0.29, 0.717) is 18.3 Å². The van der Waals surface area contributed by atoms with Crippen LogP contribution >= 0.6 is 12.2 Å². The fourth-order valence-electron chi connectivity index (χ4n) is 2.21. The van der Waals surface area contributed by atoms with Crippen molar-refractivity contribution in [3.05, 3.63) is 71.3 Å². The summed E-state index contributed by atoms with van der Waals surface area (Å²) in [5.74, 6) is 0. The SMILES string of the molecule is COCCNC(=S)N[C@@H](c1ccccc1)c1ccc(C)cc1. The van der Waals surface area contributed by atoms with Crippen molar-refractivity contribution in [2.45, 2.75) is 13.0 Å². The molecule has 0 fully saturated rings. The number of hydrogen-bond donors (Lipinski definition) is 2. The third-order valence-electron chi connectivity index (χ3n) is 3.41. The van der Waals surface area contributed by atoms with Crippen LogP contribution in [0.4, 0.5) is 0 Å². The summed E-state index contributed by atoms with van der Waals surface area (Å²) >= 11 is 5.39. The van der Waals surface area contributed by atoms with Gasteiger partial charge in [0.1, 0.15) is 0 Å². The van der Waals surface area contributed by atoms with E-state index in [1.807, 2.05) is 18.2 Å². The molecule has 0 unspecified atom stereocenters. The van der Waals surface area contributed by atoms with Crippen LogP contribution in [-0.2, 0) is 4.74 Å². The number of aryl methyl sites for hydroxylation is 1. The third-order valence-corrected chi connectivity index (χ3v) is 3.67. The van der Waals surface area contributed by atoms with Crippen LogP contribution < -0.4 is 10.6 Å². The molecule has 0 saturated carbocycles. The van der Waals surface area contributed by atoms with Gasteiger partial charge in [-0.05, 0) is 30.3 Å². The summed E-state index contributed by atoms with van der Waals surface area (Å²) in [6, 6.07) is 18.9. The zero-order valence-corrected chi connectivity index (χ0v) is 13.8. The average molecular weight is 314 g/mol. The van der Waals surface area contributed by atoms with E-state index in [2.05, 4.69) is 54.0 Å². The molecule has 0 saturated heterocycles. The van der Waals surface area contributed by atoms with E-state index in [1.165, 1.54) is 16.7 Å². The third kappa shape index (κ3) is 4.83. The van der Waals surface area contributed by atoms with Gasteiger partial charge in [-0.2, -0.15) is 0 Å². The first-order chi connectivity index (χ1) is 10.7. The van der Waals surface area contributed by atoms with E-state index in [4.69, 9.17) is 17.0 Å². The molecule has 0 aliphatic heterocycles. The monoisotopic (exact) mass is 314 g/mol. The summed E-state index contributed by atoms with van der Waals surface area (Å²) in [6.07, 6.45) is 0. The van der Waals surface area contributed by atoms with Gasteiger partial charge >= 0.3 is 0 Å². The van der Waals surface area contributed by atoms with Gasteiger partial charge in [-0.25, -0.2) is 0 Å². The second-order valence-corrected chi connectivity index (χ2v) is 5.56. The number of benzene rings is 2. The number of rotatable bonds is 6. The van der Waals surface area contributed by atoms with E-state index >= 15 is 0 Å².